The summed E-state index contributed by atoms with van der Waals surface area (Å²) in [6.07, 6.45) is 3.19. The van der Waals surface area contributed by atoms with Crippen molar-refractivity contribution in [2.75, 3.05) is 36.0 Å². The van der Waals surface area contributed by atoms with Crippen molar-refractivity contribution >= 4 is 23.4 Å². The number of aryl methyl sites for hydroxylation is 1. The predicted octanol–water partition coefficient (Wildman–Crippen LogP) is 2.65. The molecule has 0 spiro atoms. The van der Waals surface area contributed by atoms with Gasteiger partial charge in [-0.1, -0.05) is 0 Å². The van der Waals surface area contributed by atoms with Crippen molar-refractivity contribution in [3.8, 4) is 0 Å². The van der Waals surface area contributed by atoms with Gasteiger partial charge in [0, 0.05) is 44.0 Å². The van der Waals surface area contributed by atoms with Gasteiger partial charge in [-0.2, -0.15) is 5.10 Å². The molecule has 1 aliphatic carbocycles. The fourth-order valence-electron chi connectivity index (χ4n) is 5.40. The van der Waals surface area contributed by atoms with E-state index in [1.807, 2.05) is 16.8 Å². The molecule has 2 bridgehead atoms. The molecule has 0 radical (unpaired) electrons. The van der Waals surface area contributed by atoms with Crippen LogP contribution in [0.1, 0.15) is 25.0 Å². The Morgan fingerprint density at radius 2 is 1.91 bits per heavy atom. The maximum absolute atomic E-state index is 14.1. The Balaban J connectivity index is 1.31. The summed E-state index contributed by atoms with van der Waals surface area (Å²) in [4.78, 5) is 14.0. The second kappa shape index (κ2) is 7.46. The Morgan fingerprint density at radius 1 is 1.09 bits per heavy atom. The van der Waals surface area contributed by atoms with Crippen molar-refractivity contribution in [2.45, 2.75) is 32.2 Å². The molecule has 3 aliphatic heterocycles. The maximum Gasteiger partial charge on any atom is 0.227 e. The molecule has 2 aromatic rings. The van der Waals surface area contributed by atoms with Crippen molar-refractivity contribution in [3.05, 3.63) is 41.6 Å². The number of aromatic nitrogens is 2. The van der Waals surface area contributed by atoms with Gasteiger partial charge in [-0.25, -0.2) is 18.7 Å². The lowest BCUT2D eigenvalue weighted by molar-refractivity contribution is 0.347. The first-order valence-electron chi connectivity index (χ1n) is 11.3. The van der Waals surface area contributed by atoms with E-state index in [4.69, 9.17) is 4.99 Å². The molecule has 8 nitrogen and oxygen atoms in total. The molecule has 1 aromatic carbocycles. The Labute approximate surface area is 185 Å². The second-order valence-electron chi connectivity index (χ2n) is 9.09. The van der Waals surface area contributed by atoms with E-state index >= 15 is 0 Å². The predicted molar refractivity (Wildman–Crippen MR) is 119 cm³/mol. The molecule has 4 aliphatic rings. The van der Waals surface area contributed by atoms with Gasteiger partial charge < -0.3 is 4.90 Å². The van der Waals surface area contributed by atoms with Gasteiger partial charge in [0.05, 0.1) is 11.7 Å². The Morgan fingerprint density at radius 3 is 2.62 bits per heavy atom. The number of aliphatic imine (C=N–C) groups is 2. The van der Waals surface area contributed by atoms with E-state index in [2.05, 4.69) is 31.6 Å². The summed E-state index contributed by atoms with van der Waals surface area (Å²) < 4.78 is 27.6. The number of hydrazine groups is 1. The van der Waals surface area contributed by atoms with E-state index in [-0.39, 0.29) is 6.04 Å². The molecule has 1 saturated carbocycles. The molecule has 168 valence electrons. The van der Waals surface area contributed by atoms with Gasteiger partial charge in [0.15, 0.2) is 17.5 Å². The number of H-pyrrole nitrogens is 1. The van der Waals surface area contributed by atoms with Gasteiger partial charge >= 0.3 is 0 Å². The van der Waals surface area contributed by atoms with Crippen molar-refractivity contribution in [1.82, 2.24) is 20.6 Å². The molecule has 2 atom stereocenters. The Kier molecular flexibility index (Phi) is 4.55. The first-order chi connectivity index (χ1) is 15.6. The van der Waals surface area contributed by atoms with Crippen molar-refractivity contribution in [2.24, 2.45) is 21.8 Å². The minimum Gasteiger partial charge on any atom is -0.354 e. The molecule has 32 heavy (non-hydrogen) atoms. The van der Waals surface area contributed by atoms with Crippen LogP contribution in [0.3, 0.4) is 0 Å². The molecule has 2 N–H and O–H groups in total. The molecular weight excluding hydrogens is 414 g/mol. The minimum atomic E-state index is -0.876. The third-order valence-electron chi connectivity index (χ3n) is 6.91. The quantitative estimate of drug-likeness (QED) is 0.768. The SMILES string of the molecule is Cc1cc(N2CC3CCC(C2)C3N=C2NN3CCCN=C3N2c2ccc(F)c(F)c2)n[nH]1. The number of anilines is 2. The van der Waals surface area contributed by atoms with Gasteiger partial charge in [0.1, 0.15) is 0 Å². The zero-order chi connectivity index (χ0) is 21.8. The fourth-order valence-corrected chi connectivity index (χ4v) is 5.40. The third kappa shape index (κ3) is 3.20. The van der Waals surface area contributed by atoms with Crippen LogP contribution in [0.4, 0.5) is 20.3 Å². The number of rotatable bonds is 3. The molecule has 2 unspecified atom stereocenters. The molecule has 4 heterocycles. The van der Waals surface area contributed by atoms with Crippen molar-refractivity contribution in [3.63, 3.8) is 0 Å². The Bertz CT molecular complexity index is 1080. The lowest BCUT2D eigenvalue weighted by atomic mass is 9.92. The van der Waals surface area contributed by atoms with Crippen molar-refractivity contribution < 1.29 is 8.78 Å². The number of aromatic amines is 1. The van der Waals surface area contributed by atoms with Crippen LogP contribution in [0.5, 0.6) is 0 Å². The van der Waals surface area contributed by atoms with Crippen LogP contribution < -0.4 is 15.2 Å². The van der Waals surface area contributed by atoms with Crippen LogP contribution in [0.2, 0.25) is 0 Å². The molecule has 2 saturated heterocycles. The number of fused-ring (bicyclic) bond motifs is 3. The highest BCUT2D eigenvalue weighted by molar-refractivity contribution is 6.21. The number of piperidine rings is 1. The summed E-state index contributed by atoms with van der Waals surface area (Å²) in [6, 6.07) is 6.20. The highest BCUT2D eigenvalue weighted by atomic mass is 19.2. The molecule has 6 rings (SSSR count). The van der Waals surface area contributed by atoms with Gasteiger partial charge in [-0.15, -0.1) is 0 Å². The van der Waals surface area contributed by atoms with Crippen LogP contribution in [0.25, 0.3) is 0 Å². The van der Waals surface area contributed by atoms with Gasteiger partial charge in [0.25, 0.3) is 0 Å². The van der Waals surface area contributed by atoms with E-state index in [0.717, 1.165) is 56.5 Å². The number of benzene rings is 1. The average Bonchev–Trinajstić information content (AvgIpc) is 3.44. The third-order valence-corrected chi connectivity index (χ3v) is 6.91. The number of nitrogens with zero attached hydrogens (tertiary/aromatic N) is 6. The van der Waals surface area contributed by atoms with Crippen LogP contribution >= 0.6 is 0 Å². The number of halogens is 2. The minimum absolute atomic E-state index is 0.170. The highest BCUT2D eigenvalue weighted by Crippen LogP contribution is 2.40. The number of nitrogens with one attached hydrogen (secondary N) is 2. The molecular formula is C22H26F2N8. The van der Waals surface area contributed by atoms with Crippen LogP contribution in [0.15, 0.2) is 34.3 Å². The molecule has 0 amide bonds. The standard InChI is InChI=1S/C22H26F2N8/c1-13-9-19(28-27-13)30-11-14-3-4-15(12-30)20(14)26-21-29-31-8-2-7-25-22(31)32(21)16-5-6-17(23)18(24)10-16/h5-6,9-10,14-15,20H,2-4,7-8,11-12H2,1H3,(H,26,29)(H,27,28). The number of guanidine groups is 2. The van der Waals surface area contributed by atoms with E-state index in [1.165, 1.54) is 6.07 Å². The highest BCUT2D eigenvalue weighted by Gasteiger charge is 2.44. The second-order valence-corrected chi connectivity index (χ2v) is 9.09. The zero-order valence-electron chi connectivity index (χ0n) is 17.9. The summed E-state index contributed by atoms with van der Waals surface area (Å²) >= 11 is 0. The van der Waals surface area contributed by atoms with Crippen LogP contribution in [-0.2, 0) is 0 Å². The summed E-state index contributed by atoms with van der Waals surface area (Å²) in [5.74, 6) is 1.44. The lowest BCUT2D eigenvalue weighted by Gasteiger charge is -2.36. The number of hydrogen-bond donors (Lipinski definition) is 2. The maximum atomic E-state index is 14.1. The lowest BCUT2D eigenvalue weighted by Crippen LogP contribution is -2.46. The fraction of sp³-hybridized carbons (Fsp3) is 0.500. The van der Waals surface area contributed by atoms with E-state index in [0.29, 0.717) is 36.0 Å². The largest absolute Gasteiger partial charge is 0.354 e. The van der Waals surface area contributed by atoms with Gasteiger partial charge in [-0.3, -0.25) is 20.5 Å². The summed E-state index contributed by atoms with van der Waals surface area (Å²) in [5, 5.41) is 9.42. The van der Waals surface area contributed by atoms with Crippen LogP contribution in [0, 0.1) is 30.4 Å². The van der Waals surface area contributed by atoms with E-state index in [9.17, 15) is 8.78 Å². The van der Waals surface area contributed by atoms with Gasteiger partial charge in [0.2, 0.25) is 11.9 Å². The normalized spacial score (nSPS) is 28.2. The Hall–Kier alpha value is -3.17. The van der Waals surface area contributed by atoms with Gasteiger partial charge in [-0.05, 0) is 50.2 Å². The molecule has 1 aromatic heterocycles. The van der Waals surface area contributed by atoms with E-state index < -0.39 is 11.6 Å². The molecule has 10 heteroatoms. The average molecular weight is 441 g/mol. The molecule has 3 fully saturated rings. The van der Waals surface area contributed by atoms with Crippen LogP contribution in [-0.4, -0.2) is 59.3 Å². The first kappa shape index (κ1) is 19.5. The smallest absolute Gasteiger partial charge is 0.227 e. The zero-order valence-corrected chi connectivity index (χ0v) is 17.9. The van der Waals surface area contributed by atoms with E-state index in [1.54, 1.807) is 6.07 Å². The topological polar surface area (TPSA) is 75.2 Å². The monoisotopic (exact) mass is 440 g/mol. The summed E-state index contributed by atoms with van der Waals surface area (Å²) in [7, 11) is 0. The van der Waals surface area contributed by atoms with Crippen molar-refractivity contribution in [1.29, 1.82) is 0 Å². The first-order valence-corrected chi connectivity index (χ1v) is 11.3. The number of hydrogen-bond acceptors (Lipinski definition) is 5. The summed E-state index contributed by atoms with van der Waals surface area (Å²) in [5.41, 5.74) is 4.95. The summed E-state index contributed by atoms with van der Waals surface area (Å²) in [6.45, 7) is 5.34.